The molecular weight excluding hydrogens is 504 g/mol. The number of hydrogen-bond acceptors (Lipinski definition) is 6. The summed E-state index contributed by atoms with van der Waals surface area (Å²) in [7, 11) is -2.50. The van der Waals surface area contributed by atoms with Gasteiger partial charge in [-0.2, -0.15) is 0 Å². The lowest BCUT2D eigenvalue weighted by Crippen LogP contribution is -2.24. The Balaban J connectivity index is 1.59. The van der Waals surface area contributed by atoms with E-state index in [9.17, 15) is 18.0 Å². The molecule has 1 N–H and O–H groups in total. The van der Waals surface area contributed by atoms with Gasteiger partial charge in [-0.3, -0.25) is 9.69 Å². The van der Waals surface area contributed by atoms with Gasteiger partial charge in [0.15, 0.2) is 0 Å². The molecule has 10 heteroatoms. The van der Waals surface area contributed by atoms with E-state index < -0.39 is 21.9 Å². The quantitative estimate of drug-likeness (QED) is 0.356. The predicted octanol–water partition coefficient (Wildman–Crippen LogP) is 4.60. The first-order valence-electron chi connectivity index (χ1n) is 10.9. The maximum atomic E-state index is 13.3. The zero-order valence-corrected chi connectivity index (χ0v) is 21.3. The molecule has 36 heavy (non-hydrogen) atoms. The average Bonchev–Trinajstić information content (AvgIpc) is 3.40. The Morgan fingerprint density at radius 2 is 1.72 bits per heavy atom. The number of rotatable bonds is 7. The van der Waals surface area contributed by atoms with Crippen LogP contribution in [0, 0.1) is 6.92 Å². The maximum absolute atomic E-state index is 13.3. The molecule has 0 radical (unpaired) electrons. The molecule has 0 bridgehead atoms. The maximum Gasteiger partial charge on any atom is 0.340 e. The molecule has 4 rings (SSSR count). The topological polar surface area (TPSA) is 106 Å². The Kier molecular flexibility index (Phi) is 7.16. The number of carbonyl (C=O) groups is 2. The third-order valence-electron chi connectivity index (χ3n) is 5.61. The van der Waals surface area contributed by atoms with Crippen LogP contribution in [-0.2, 0) is 30.9 Å². The third kappa shape index (κ3) is 5.13. The number of benzene rings is 2. The van der Waals surface area contributed by atoms with Gasteiger partial charge in [-0.25, -0.2) is 17.9 Å². The van der Waals surface area contributed by atoms with Crippen LogP contribution in [0.1, 0.15) is 24.0 Å². The van der Waals surface area contributed by atoms with Crippen molar-refractivity contribution in [3.05, 3.63) is 99.6 Å². The number of sulfonamides is 1. The number of hydrogen-bond donors (Lipinski definition) is 1. The van der Waals surface area contributed by atoms with Crippen LogP contribution < -0.4 is 9.62 Å². The minimum absolute atomic E-state index is 0.0930. The summed E-state index contributed by atoms with van der Waals surface area (Å²) in [6.45, 7) is 3.42. The van der Waals surface area contributed by atoms with Crippen LogP contribution in [0.4, 0.5) is 5.69 Å². The Labute approximate surface area is 213 Å². The molecule has 0 atom stereocenters. The molecule has 8 nitrogen and oxygen atoms in total. The van der Waals surface area contributed by atoms with E-state index in [2.05, 4.69) is 4.72 Å². The van der Waals surface area contributed by atoms with E-state index in [1.54, 1.807) is 55.5 Å². The van der Waals surface area contributed by atoms with Gasteiger partial charge in [-0.05, 0) is 68.5 Å². The van der Waals surface area contributed by atoms with Crippen molar-refractivity contribution < 1.29 is 27.2 Å². The second-order valence-electron chi connectivity index (χ2n) is 8.07. The summed E-state index contributed by atoms with van der Waals surface area (Å²) in [6.07, 6.45) is 1.44. The van der Waals surface area contributed by atoms with Gasteiger partial charge in [0, 0.05) is 16.4 Å². The molecule has 1 aliphatic rings. The van der Waals surface area contributed by atoms with Crippen molar-refractivity contribution >= 4 is 45.3 Å². The number of halogens is 1. The number of methoxy groups -OCH3 is 1. The minimum atomic E-state index is -3.73. The van der Waals surface area contributed by atoms with Crippen LogP contribution >= 0.6 is 11.6 Å². The summed E-state index contributed by atoms with van der Waals surface area (Å²) in [5.41, 5.74) is 2.09. The number of anilines is 1. The monoisotopic (exact) mass is 526 g/mol. The predicted molar refractivity (Wildman–Crippen MR) is 136 cm³/mol. The first-order chi connectivity index (χ1) is 17.1. The highest BCUT2D eigenvalue weighted by molar-refractivity contribution is 7.89. The fraction of sp³-hybridized carbons (Fsp3) is 0.154. The van der Waals surface area contributed by atoms with Crippen molar-refractivity contribution in [3.8, 4) is 0 Å². The van der Waals surface area contributed by atoms with Crippen molar-refractivity contribution in [1.82, 2.24) is 4.72 Å². The van der Waals surface area contributed by atoms with Gasteiger partial charge >= 0.3 is 5.97 Å². The molecule has 1 aromatic heterocycles. The van der Waals surface area contributed by atoms with E-state index >= 15 is 0 Å². The number of nitrogens with one attached hydrogen (secondary N) is 1. The lowest BCUT2D eigenvalue weighted by molar-refractivity contribution is -0.136. The second kappa shape index (κ2) is 10.1. The molecule has 0 saturated heterocycles. The molecule has 3 aromatic rings. The van der Waals surface area contributed by atoms with Crippen LogP contribution in [-0.4, -0.2) is 27.4 Å². The Morgan fingerprint density at radius 1 is 1.06 bits per heavy atom. The number of aryl methyl sites for hydroxylation is 1. The van der Waals surface area contributed by atoms with Gasteiger partial charge in [0.25, 0.3) is 5.91 Å². The lowest BCUT2D eigenvalue weighted by atomic mass is 10.1. The highest BCUT2D eigenvalue weighted by Crippen LogP contribution is 2.36. The lowest BCUT2D eigenvalue weighted by Gasteiger charge is -2.17. The van der Waals surface area contributed by atoms with Gasteiger partial charge < -0.3 is 9.15 Å². The van der Waals surface area contributed by atoms with E-state index in [0.29, 0.717) is 22.2 Å². The number of esters is 1. The van der Waals surface area contributed by atoms with Gasteiger partial charge in [-0.15, -0.1) is 0 Å². The molecule has 0 unspecified atom stereocenters. The standard InChI is InChI=1S/C26H23ClN2O6S/c1-16-4-12-22(13-5-16)36(32,33)28-15-21-11-10-20(35-21)14-23-24(26(31)34-3)17(2)29(25(23)30)19-8-6-18(27)7-9-19/h4-14,28H,15H2,1-3H3/b23-14+. The first-order valence-corrected chi connectivity index (χ1v) is 12.7. The third-order valence-corrected chi connectivity index (χ3v) is 7.28. The van der Waals surface area contributed by atoms with E-state index in [4.69, 9.17) is 20.8 Å². The SMILES string of the molecule is COC(=O)C1=C(C)N(c2ccc(Cl)cc2)C(=O)/C1=C/c1ccc(CNS(=O)(=O)c2ccc(C)cc2)o1. The summed E-state index contributed by atoms with van der Waals surface area (Å²) in [6, 6.07) is 16.3. The molecule has 2 heterocycles. The van der Waals surface area contributed by atoms with Crippen LogP contribution in [0.25, 0.3) is 6.08 Å². The summed E-state index contributed by atoms with van der Waals surface area (Å²) < 4.78 is 38.2. The fourth-order valence-electron chi connectivity index (χ4n) is 3.76. The van der Waals surface area contributed by atoms with Crippen LogP contribution in [0.3, 0.4) is 0 Å². The van der Waals surface area contributed by atoms with Crippen LogP contribution in [0.5, 0.6) is 0 Å². The van der Waals surface area contributed by atoms with Crippen LogP contribution in [0.15, 0.2) is 86.8 Å². The molecule has 0 spiro atoms. The molecular formula is C26H23ClN2O6S. The van der Waals surface area contributed by atoms with Crippen molar-refractivity contribution in [1.29, 1.82) is 0 Å². The van der Waals surface area contributed by atoms with E-state index in [1.165, 1.54) is 30.2 Å². The minimum Gasteiger partial charge on any atom is -0.465 e. The number of ether oxygens (including phenoxy) is 1. The van der Waals surface area contributed by atoms with Crippen molar-refractivity contribution in [2.45, 2.75) is 25.3 Å². The number of allylic oxidation sites excluding steroid dienone is 1. The number of carbonyl (C=O) groups excluding carboxylic acids is 2. The molecule has 0 fully saturated rings. The van der Waals surface area contributed by atoms with Gasteiger partial charge in [0.05, 0.1) is 29.7 Å². The fourth-order valence-corrected chi connectivity index (χ4v) is 4.88. The Bertz CT molecular complexity index is 1490. The van der Waals surface area contributed by atoms with Gasteiger partial charge in [-0.1, -0.05) is 29.3 Å². The number of furan rings is 1. The summed E-state index contributed by atoms with van der Waals surface area (Å²) in [5, 5.41) is 0.511. The highest BCUT2D eigenvalue weighted by atomic mass is 35.5. The summed E-state index contributed by atoms with van der Waals surface area (Å²) in [4.78, 5) is 27.4. The zero-order valence-electron chi connectivity index (χ0n) is 19.7. The van der Waals surface area contributed by atoms with Crippen LogP contribution in [0.2, 0.25) is 5.02 Å². The largest absolute Gasteiger partial charge is 0.465 e. The second-order valence-corrected chi connectivity index (χ2v) is 10.3. The zero-order chi connectivity index (χ0) is 26.0. The van der Waals surface area contributed by atoms with Gasteiger partial charge in [0.2, 0.25) is 10.0 Å². The normalized spacial score (nSPS) is 15.2. The van der Waals surface area contributed by atoms with E-state index in [0.717, 1.165) is 5.56 Å². The highest BCUT2D eigenvalue weighted by Gasteiger charge is 2.38. The first kappa shape index (κ1) is 25.4. The van der Waals surface area contributed by atoms with E-state index in [1.807, 2.05) is 6.92 Å². The smallest absolute Gasteiger partial charge is 0.340 e. The Hall–Kier alpha value is -3.66. The summed E-state index contributed by atoms with van der Waals surface area (Å²) >= 11 is 5.97. The van der Waals surface area contributed by atoms with Crippen molar-refractivity contribution in [2.75, 3.05) is 12.0 Å². The van der Waals surface area contributed by atoms with Crippen molar-refractivity contribution in [3.63, 3.8) is 0 Å². The molecule has 186 valence electrons. The molecule has 2 aromatic carbocycles. The van der Waals surface area contributed by atoms with Crippen molar-refractivity contribution in [2.24, 2.45) is 0 Å². The average molecular weight is 527 g/mol. The molecule has 1 aliphatic heterocycles. The summed E-state index contributed by atoms with van der Waals surface area (Å²) in [5.74, 6) is -0.498. The number of nitrogens with zero attached hydrogens (tertiary/aromatic N) is 1. The molecule has 0 aliphatic carbocycles. The number of amides is 1. The molecule has 0 saturated carbocycles. The molecule has 1 amide bonds. The Morgan fingerprint density at radius 3 is 2.36 bits per heavy atom. The van der Waals surface area contributed by atoms with Gasteiger partial charge in [0.1, 0.15) is 11.5 Å². The van der Waals surface area contributed by atoms with E-state index in [-0.39, 0.29) is 28.3 Å².